The van der Waals surface area contributed by atoms with Crippen LogP contribution in [0, 0.1) is 5.92 Å². The van der Waals surface area contributed by atoms with Gasteiger partial charge in [0, 0.05) is 24.2 Å². The molecule has 2 aromatic heterocycles. The Morgan fingerprint density at radius 2 is 1.86 bits per heavy atom. The van der Waals surface area contributed by atoms with E-state index in [4.69, 9.17) is 4.74 Å². The number of benzene rings is 1. The highest BCUT2D eigenvalue weighted by molar-refractivity contribution is 7.89. The van der Waals surface area contributed by atoms with Crippen molar-refractivity contribution in [1.82, 2.24) is 9.29 Å². The van der Waals surface area contributed by atoms with E-state index in [1.807, 2.05) is 37.3 Å². The molecule has 2 atom stereocenters. The Bertz CT molecular complexity index is 1570. The number of carbonyl (C=O) groups excluding carboxylic acids is 1. The number of pyridine rings is 1. The number of sulfonamides is 1. The van der Waals surface area contributed by atoms with Gasteiger partial charge in [-0.2, -0.15) is 4.31 Å². The monoisotopic (exact) mass is 624 g/mol. The second-order valence-electron chi connectivity index (χ2n) is 11.5. The highest BCUT2D eigenvalue weighted by Crippen LogP contribution is 2.42. The molecule has 3 fully saturated rings. The number of carboxylic acids is 1. The van der Waals surface area contributed by atoms with Crippen LogP contribution in [0.4, 0.5) is 11.5 Å². The van der Waals surface area contributed by atoms with Crippen LogP contribution in [0.25, 0.3) is 10.4 Å². The maximum Gasteiger partial charge on any atom is 0.348 e. The van der Waals surface area contributed by atoms with E-state index in [9.17, 15) is 23.1 Å². The standard InChI is InChI=1S/C31H36N4O6S2/c1-21-20-41-15-14-34(21)28-13-12-24(17-32-28)43(39,40)33-18-26(22-8-4-2-5-9-22)35(29(36)19-33)25-16-27(42-30(25)31(37)38)23-10-6-3-7-11-23/h3,6-7,10-13,16-17,21-22,26H,2,4-5,8-9,14-15,18-20H2,1H3,(H,37,38)/t21-,26+/m1/s1. The van der Waals surface area contributed by atoms with Gasteiger partial charge in [0.15, 0.2) is 0 Å². The predicted molar refractivity (Wildman–Crippen MR) is 165 cm³/mol. The maximum absolute atomic E-state index is 14.0. The summed E-state index contributed by atoms with van der Waals surface area (Å²) in [7, 11) is -4.03. The molecule has 0 unspecified atom stereocenters. The summed E-state index contributed by atoms with van der Waals surface area (Å²) in [5.41, 5.74) is 1.21. The Kier molecular flexibility index (Phi) is 8.54. The summed E-state index contributed by atoms with van der Waals surface area (Å²) >= 11 is 1.14. The number of nitrogens with zero attached hydrogens (tertiary/aromatic N) is 4. The first-order valence-corrected chi connectivity index (χ1v) is 17.0. The maximum atomic E-state index is 14.0. The molecule has 1 N–H and O–H groups in total. The minimum Gasteiger partial charge on any atom is -0.477 e. The fraction of sp³-hybridized carbons (Fsp3) is 0.452. The Hall–Kier alpha value is -3.32. The van der Waals surface area contributed by atoms with Crippen LogP contribution in [-0.2, 0) is 19.6 Å². The molecule has 4 heterocycles. The van der Waals surface area contributed by atoms with Gasteiger partial charge < -0.3 is 19.6 Å². The zero-order valence-electron chi connectivity index (χ0n) is 24.1. The number of ether oxygens (including phenoxy) is 1. The predicted octanol–water partition coefficient (Wildman–Crippen LogP) is 4.72. The van der Waals surface area contributed by atoms with Crippen LogP contribution in [0.15, 0.2) is 59.6 Å². The summed E-state index contributed by atoms with van der Waals surface area (Å²) in [5, 5.41) is 10.2. The molecule has 2 aliphatic heterocycles. The van der Waals surface area contributed by atoms with Gasteiger partial charge in [-0.1, -0.05) is 49.6 Å². The molecule has 3 aliphatic rings. The number of hydrogen-bond acceptors (Lipinski definition) is 8. The summed E-state index contributed by atoms with van der Waals surface area (Å²) in [6.45, 7) is 3.60. The lowest BCUT2D eigenvalue weighted by Gasteiger charge is -2.44. The molecule has 12 heteroatoms. The lowest BCUT2D eigenvalue weighted by Crippen LogP contribution is -2.60. The minimum atomic E-state index is -4.03. The Morgan fingerprint density at radius 1 is 1.09 bits per heavy atom. The second-order valence-corrected chi connectivity index (χ2v) is 14.5. The molecule has 3 aromatic rings. The molecular formula is C31H36N4O6S2. The van der Waals surface area contributed by atoms with Crippen LogP contribution < -0.4 is 9.80 Å². The van der Waals surface area contributed by atoms with Gasteiger partial charge in [0.25, 0.3) is 0 Å². The number of piperazine rings is 1. The van der Waals surface area contributed by atoms with Gasteiger partial charge in [-0.15, -0.1) is 11.3 Å². The molecule has 1 aromatic carbocycles. The van der Waals surface area contributed by atoms with Gasteiger partial charge in [-0.3, -0.25) is 4.79 Å². The number of aromatic nitrogens is 1. The topological polar surface area (TPSA) is 120 Å². The van der Waals surface area contributed by atoms with Crippen LogP contribution >= 0.6 is 11.3 Å². The Balaban J connectivity index is 1.32. The highest BCUT2D eigenvalue weighted by atomic mass is 32.2. The number of amides is 1. The number of carboxylic acid groups (broad SMARTS) is 1. The van der Waals surface area contributed by atoms with Crippen molar-refractivity contribution in [2.45, 2.75) is 56.0 Å². The quantitative estimate of drug-likeness (QED) is 0.401. The largest absolute Gasteiger partial charge is 0.477 e. The van der Waals surface area contributed by atoms with E-state index in [-0.39, 0.29) is 34.8 Å². The molecule has 6 rings (SSSR count). The summed E-state index contributed by atoms with van der Waals surface area (Å²) in [5.74, 6) is -0.783. The molecule has 43 heavy (non-hydrogen) atoms. The second kappa shape index (κ2) is 12.4. The lowest BCUT2D eigenvalue weighted by molar-refractivity contribution is -0.121. The van der Waals surface area contributed by atoms with Crippen LogP contribution in [0.1, 0.15) is 48.7 Å². The van der Waals surface area contributed by atoms with Gasteiger partial charge >= 0.3 is 5.97 Å². The van der Waals surface area contributed by atoms with E-state index in [1.54, 1.807) is 23.1 Å². The van der Waals surface area contributed by atoms with Crippen molar-refractivity contribution in [1.29, 1.82) is 0 Å². The summed E-state index contributed by atoms with van der Waals surface area (Å²) < 4.78 is 34.6. The molecule has 0 radical (unpaired) electrons. The summed E-state index contributed by atoms with van der Waals surface area (Å²) in [6.07, 6.45) is 6.16. The number of morpholine rings is 1. The van der Waals surface area contributed by atoms with Gasteiger partial charge in [0.2, 0.25) is 15.9 Å². The fourth-order valence-corrected chi connectivity index (χ4v) is 8.86. The van der Waals surface area contributed by atoms with Crippen LogP contribution in [0.3, 0.4) is 0 Å². The lowest BCUT2D eigenvalue weighted by atomic mass is 9.82. The molecule has 10 nitrogen and oxygen atoms in total. The third kappa shape index (κ3) is 5.93. The zero-order chi connectivity index (χ0) is 30.1. The molecule has 0 spiro atoms. The van der Waals surface area contributed by atoms with Gasteiger partial charge in [0.1, 0.15) is 15.6 Å². The van der Waals surface area contributed by atoms with Crippen LogP contribution in [0.5, 0.6) is 0 Å². The minimum absolute atomic E-state index is 0.0360. The van der Waals surface area contributed by atoms with Gasteiger partial charge in [0.05, 0.1) is 37.5 Å². The van der Waals surface area contributed by atoms with E-state index < -0.39 is 27.9 Å². The molecular weight excluding hydrogens is 588 g/mol. The highest BCUT2D eigenvalue weighted by Gasteiger charge is 2.44. The number of anilines is 2. The van der Waals surface area contributed by atoms with Crippen molar-refractivity contribution in [3.63, 3.8) is 0 Å². The SMILES string of the molecule is C[C@@H]1COCCN1c1ccc(S(=O)(=O)N2CC(=O)N(c3cc(-c4ccccc4)sc3C(=O)O)[C@H](C3CCCCC3)C2)cn1. The molecule has 1 aliphatic carbocycles. The molecule has 228 valence electrons. The average molecular weight is 625 g/mol. The van der Waals surface area contributed by atoms with E-state index >= 15 is 0 Å². The van der Waals surface area contributed by atoms with Crippen LogP contribution in [0.2, 0.25) is 0 Å². The van der Waals surface area contributed by atoms with Crippen molar-refractivity contribution in [3.8, 4) is 10.4 Å². The van der Waals surface area contributed by atoms with E-state index in [0.717, 1.165) is 53.9 Å². The van der Waals surface area contributed by atoms with E-state index in [0.29, 0.717) is 31.3 Å². The molecule has 1 saturated carbocycles. The Morgan fingerprint density at radius 3 is 2.53 bits per heavy atom. The first-order chi connectivity index (χ1) is 20.7. The van der Waals surface area contributed by atoms with Crippen molar-refractivity contribution < 1.29 is 27.9 Å². The van der Waals surface area contributed by atoms with Crippen LogP contribution in [-0.4, -0.2) is 79.6 Å². The van der Waals surface area contributed by atoms with Crippen molar-refractivity contribution in [2.24, 2.45) is 5.92 Å². The summed E-state index contributed by atoms with van der Waals surface area (Å²) in [6, 6.07) is 14.2. The summed E-state index contributed by atoms with van der Waals surface area (Å²) in [4.78, 5) is 35.4. The van der Waals surface area contributed by atoms with Crippen molar-refractivity contribution in [2.75, 3.05) is 42.6 Å². The van der Waals surface area contributed by atoms with Gasteiger partial charge in [-0.05, 0) is 49.4 Å². The zero-order valence-corrected chi connectivity index (χ0v) is 25.7. The Labute approximate surface area is 255 Å². The first-order valence-electron chi connectivity index (χ1n) is 14.8. The smallest absolute Gasteiger partial charge is 0.348 e. The number of rotatable bonds is 7. The van der Waals surface area contributed by atoms with Crippen molar-refractivity contribution >= 4 is 44.7 Å². The number of carbonyl (C=O) groups is 2. The van der Waals surface area contributed by atoms with Gasteiger partial charge in [-0.25, -0.2) is 18.2 Å². The van der Waals surface area contributed by atoms with Crippen molar-refractivity contribution in [3.05, 3.63) is 59.6 Å². The first kappa shape index (κ1) is 29.7. The molecule has 2 saturated heterocycles. The third-order valence-corrected chi connectivity index (χ3v) is 11.7. The molecule has 0 bridgehead atoms. The van der Waals surface area contributed by atoms with E-state index in [1.165, 1.54) is 10.5 Å². The molecule has 1 amide bonds. The average Bonchev–Trinajstić information content (AvgIpc) is 3.47. The number of hydrogen-bond donors (Lipinski definition) is 1. The normalized spacial score (nSPS) is 22.6. The fourth-order valence-electron chi connectivity index (χ4n) is 6.51. The third-order valence-electron chi connectivity index (χ3n) is 8.74. The number of thiophene rings is 1. The number of aromatic carboxylic acids is 1. The van der Waals surface area contributed by atoms with E-state index in [2.05, 4.69) is 9.88 Å².